The molecule has 0 spiro atoms. The lowest BCUT2D eigenvalue weighted by molar-refractivity contribution is 0.0854. The number of pyridine rings is 1. The minimum absolute atomic E-state index is 0.0139. The van der Waals surface area contributed by atoms with E-state index in [1.807, 2.05) is 19.1 Å². The van der Waals surface area contributed by atoms with Gasteiger partial charge in [-0.15, -0.1) is 0 Å². The van der Waals surface area contributed by atoms with E-state index in [0.717, 1.165) is 30.3 Å². The molecule has 1 saturated heterocycles. The number of para-hydroxylation sites is 1. The molecule has 2 aromatic rings. The summed E-state index contributed by atoms with van der Waals surface area (Å²) in [7, 11) is 0. The zero-order valence-electron chi connectivity index (χ0n) is 13.5. The number of aromatic hydroxyl groups is 1. The predicted molar refractivity (Wildman–Crippen MR) is 89.6 cm³/mol. The summed E-state index contributed by atoms with van der Waals surface area (Å²) < 4.78 is 7.11. The molecule has 0 bridgehead atoms. The van der Waals surface area contributed by atoms with E-state index in [0.29, 0.717) is 18.5 Å². The second-order valence-corrected chi connectivity index (χ2v) is 6.61. The molecule has 4 rings (SSSR count). The average Bonchev–Trinajstić information content (AvgIpc) is 3.18. The number of hydrogen-bond donors (Lipinski definition) is 2. The van der Waals surface area contributed by atoms with Crippen molar-refractivity contribution >= 4 is 16.8 Å². The highest BCUT2D eigenvalue weighted by Gasteiger charge is 2.29. The quantitative estimate of drug-likeness (QED) is 0.899. The van der Waals surface area contributed by atoms with Crippen molar-refractivity contribution in [2.24, 2.45) is 0 Å². The van der Waals surface area contributed by atoms with E-state index in [-0.39, 0.29) is 23.5 Å². The van der Waals surface area contributed by atoms with Crippen molar-refractivity contribution in [3.05, 3.63) is 39.7 Å². The van der Waals surface area contributed by atoms with Crippen LogP contribution in [0.25, 0.3) is 10.9 Å². The maximum Gasteiger partial charge on any atom is 0.267 e. The van der Waals surface area contributed by atoms with Crippen LogP contribution >= 0.6 is 0 Å². The van der Waals surface area contributed by atoms with E-state index in [4.69, 9.17) is 4.74 Å². The number of rotatable bonds is 3. The summed E-state index contributed by atoms with van der Waals surface area (Å²) in [6.45, 7) is 3.01. The lowest BCUT2D eigenvalue weighted by Gasteiger charge is -2.15. The number of hydrogen-bond acceptors (Lipinski definition) is 4. The first-order valence-corrected chi connectivity index (χ1v) is 8.36. The monoisotopic (exact) mass is 328 g/mol. The molecular weight excluding hydrogens is 308 g/mol. The summed E-state index contributed by atoms with van der Waals surface area (Å²) in [6, 6.07) is 5.53. The van der Waals surface area contributed by atoms with Gasteiger partial charge in [-0.05, 0) is 37.8 Å². The Hall–Kier alpha value is -2.34. The zero-order valence-corrected chi connectivity index (χ0v) is 13.5. The highest BCUT2D eigenvalue weighted by molar-refractivity contribution is 6.03. The van der Waals surface area contributed by atoms with Crippen LogP contribution in [0.2, 0.25) is 0 Å². The fourth-order valence-corrected chi connectivity index (χ4v) is 3.82. The standard InChI is InChI=1S/C18H20N2O4/c1-10-8-11-4-2-6-13-15(11)20(10)18(23)14(16(13)21)17(22)19-9-12-5-3-7-24-12/h2,4,6,10,12,21H,3,5,7-9H2,1H3,(H,19,22)/t10-,12-/m0/s1. The Kier molecular flexibility index (Phi) is 3.57. The molecule has 24 heavy (non-hydrogen) atoms. The van der Waals surface area contributed by atoms with Gasteiger partial charge in [0.25, 0.3) is 11.5 Å². The highest BCUT2D eigenvalue weighted by atomic mass is 16.5. The molecule has 1 amide bonds. The van der Waals surface area contributed by atoms with Crippen molar-refractivity contribution in [2.75, 3.05) is 13.2 Å². The molecule has 126 valence electrons. The van der Waals surface area contributed by atoms with Gasteiger partial charge in [-0.1, -0.05) is 12.1 Å². The van der Waals surface area contributed by atoms with Crippen molar-refractivity contribution < 1.29 is 14.6 Å². The van der Waals surface area contributed by atoms with Crippen LogP contribution in [0.4, 0.5) is 0 Å². The van der Waals surface area contributed by atoms with Gasteiger partial charge in [0.2, 0.25) is 0 Å². The van der Waals surface area contributed by atoms with Gasteiger partial charge in [-0.25, -0.2) is 0 Å². The largest absolute Gasteiger partial charge is 0.506 e. The van der Waals surface area contributed by atoms with Crippen LogP contribution in [-0.2, 0) is 11.2 Å². The fourth-order valence-electron chi connectivity index (χ4n) is 3.82. The van der Waals surface area contributed by atoms with Crippen molar-refractivity contribution in [2.45, 2.75) is 38.3 Å². The van der Waals surface area contributed by atoms with Crippen molar-refractivity contribution in [3.63, 3.8) is 0 Å². The predicted octanol–water partition coefficient (Wildman–Crippen LogP) is 1.73. The molecule has 6 heteroatoms. The summed E-state index contributed by atoms with van der Waals surface area (Å²) >= 11 is 0. The Morgan fingerprint density at radius 2 is 2.29 bits per heavy atom. The minimum Gasteiger partial charge on any atom is -0.506 e. The van der Waals surface area contributed by atoms with Gasteiger partial charge >= 0.3 is 0 Å². The van der Waals surface area contributed by atoms with E-state index in [1.165, 1.54) is 0 Å². The number of nitrogens with zero attached hydrogens (tertiary/aromatic N) is 1. The topological polar surface area (TPSA) is 80.6 Å². The summed E-state index contributed by atoms with van der Waals surface area (Å²) in [5.74, 6) is -0.768. The second-order valence-electron chi connectivity index (χ2n) is 6.61. The van der Waals surface area contributed by atoms with Gasteiger partial charge in [0, 0.05) is 24.6 Å². The lowest BCUT2D eigenvalue weighted by atomic mass is 10.1. The fraction of sp³-hybridized carbons (Fsp3) is 0.444. The number of carbonyl (C=O) groups is 1. The van der Waals surface area contributed by atoms with Crippen molar-refractivity contribution in [1.29, 1.82) is 0 Å². The molecule has 3 heterocycles. The molecule has 1 aromatic heterocycles. The molecule has 1 aromatic carbocycles. The van der Waals surface area contributed by atoms with Gasteiger partial charge in [-0.3, -0.25) is 9.59 Å². The molecule has 2 atom stereocenters. The first kappa shape index (κ1) is 15.2. The first-order valence-electron chi connectivity index (χ1n) is 8.36. The van der Waals surface area contributed by atoms with Crippen molar-refractivity contribution in [3.8, 4) is 5.75 Å². The molecule has 2 aliphatic heterocycles. The number of amides is 1. The van der Waals surface area contributed by atoms with Crippen LogP contribution in [0.1, 0.15) is 41.7 Å². The summed E-state index contributed by atoms with van der Waals surface area (Å²) in [5, 5.41) is 13.8. The van der Waals surface area contributed by atoms with Gasteiger partial charge in [-0.2, -0.15) is 0 Å². The number of carbonyl (C=O) groups excluding carboxylic acids is 1. The van der Waals surface area contributed by atoms with E-state index in [2.05, 4.69) is 5.32 Å². The molecule has 6 nitrogen and oxygen atoms in total. The molecule has 2 aliphatic rings. The molecule has 0 aliphatic carbocycles. The molecule has 0 unspecified atom stereocenters. The number of aromatic nitrogens is 1. The van der Waals surface area contributed by atoms with Gasteiger partial charge in [0.1, 0.15) is 11.3 Å². The third-order valence-electron chi connectivity index (χ3n) is 4.98. The van der Waals surface area contributed by atoms with E-state index in [9.17, 15) is 14.7 Å². The van der Waals surface area contributed by atoms with E-state index >= 15 is 0 Å². The first-order chi connectivity index (χ1) is 11.6. The van der Waals surface area contributed by atoms with Crippen LogP contribution in [-0.4, -0.2) is 34.8 Å². The zero-order chi connectivity index (χ0) is 16.8. The Morgan fingerprint density at radius 3 is 3.04 bits per heavy atom. The maximum atomic E-state index is 12.8. The Labute approximate surface area is 139 Å². The van der Waals surface area contributed by atoms with E-state index in [1.54, 1.807) is 10.6 Å². The average molecular weight is 328 g/mol. The molecule has 0 saturated carbocycles. The minimum atomic E-state index is -0.539. The Balaban J connectivity index is 1.76. The maximum absolute atomic E-state index is 12.8. The van der Waals surface area contributed by atoms with Crippen LogP contribution < -0.4 is 10.9 Å². The van der Waals surface area contributed by atoms with E-state index < -0.39 is 11.5 Å². The number of benzene rings is 1. The molecule has 2 N–H and O–H groups in total. The lowest BCUT2D eigenvalue weighted by Crippen LogP contribution is -2.37. The molecule has 0 radical (unpaired) electrons. The van der Waals surface area contributed by atoms with Crippen molar-refractivity contribution in [1.82, 2.24) is 9.88 Å². The summed E-state index contributed by atoms with van der Waals surface area (Å²) in [5.41, 5.74) is 1.16. The molecular formula is C18H20N2O4. The highest BCUT2D eigenvalue weighted by Crippen LogP contribution is 2.35. The summed E-state index contributed by atoms with van der Waals surface area (Å²) in [4.78, 5) is 25.4. The van der Waals surface area contributed by atoms with Gasteiger partial charge in [0.05, 0.1) is 11.6 Å². The third kappa shape index (κ3) is 2.21. The van der Waals surface area contributed by atoms with Crippen LogP contribution in [0.3, 0.4) is 0 Å². The normalized spacial score (nSPS) is 22.2. The van der Waals surface area contributed by atoms with Gasteiger partial charge in [0.15, 0.2) is 0 Å². The van der Waals surface area contributed by atoms with Crippen LogP contribution in [0, 0.1) is 0 Å². The smallest absolute Gasteiger partial charge is 0.267 e. The second kappa shape index (κ2) is 5.63. The third-order valence-corrected chi connectivity index (χ3v) is 4.98. The summed E-state index contributed by atoms with van der Waals surface area (Å²) in [6.07, 6.45) is 2.59. The SMILES string of the molecule is C[C@H]1Cc2cccc3c(O)c(C(=O)NC[C@@H]4CCCO4)c(=O)n1c23. The number of nitrogens with one attached hydrogen (secondary N) is 1. The van der Waals surface area contributed by atoms with Crippen LogP contribution in [0.15, 0.2) is 23.0 Å². The Bertz CT molecular complexity index is 881. The number of ether oxygens (including phenoxy) is 1. The van der Waals surface area contributed by atoms with Gasteiger partial charge < -0.3 is 19.7 Å². The molecule has 1 fully saturated rings. The van der Waals surface area contributed by atoms with Crippen LogP contribution in [0.5, 0.6) is 5.75 Å². The Morgan fingerprint density at radius 1 is 1.46 bits per heavy atom.